The van der Waals surface area contributed by atoms with Crippen molar-refractivity contribution in [2.75, 3.05) is 13.1 Å². The average molecular weight is 400 g/mol. The Labute approximate surface area is 165 Å². The van der Waals surface area contributed by atoms with E-state index in [1.165, 1.54) is 28.2 Å². The van der Waals surface area contributed by atoms with Crippen molar-refractivity contribution < 1.29 is 4.79 Å². The molecule has 1 saturated heterocycles. The fourth-order valence-corrected chi connectivity index (χ4v) is 6.25. The highest BCUT2D eigenvalue weighted by Crippen LogP contribution is 2.35. The first-order valence-corrected chi connectivity index (χ1v) is 11.3. The molecule has 1 amide bonds. The average Bonchev–Trinajstić information content (AvgIpc) is 3.35. The summed E-state index contributed by atoms with van der Waals surface area (Å²) in [5, 5.41) is 2.76. The number of likely N-dealkylation sites (tertiary alicyclic amines) is 1. The number of carbonyl (C=O) groups excluding carboxylic acids is 1. The monoisotopic (exact) mass is 399 g/mol. The zero-order chi connectivity index (χ0) is 18.4. The summed E-state index contributed by atoms with van der Waals surface area (Å²) in [5.74, 6) is 1.13. The summed E-state index contributed by atoms with van der Waals surface area (Å²) in [6, 6.07) is 3.79. The first kappa shape index (κ1) is 17.1. The van der Waals surface area contributed by atoms with Gasteiger partial charge < -0.3 is 9.88 Å². The second kappa shape index (κ2) is 6.87. The molecule has 0 atom stereocenters. The van der Waals surface area contributed by atoms with Crippen LogP contribution in [0, 0.1) is 0 Å². The molecule has 0 saturated carbocycles. The van der Waals surface area contributed by atoms with Crippen LogP contribution in [0.25, 0.3) is 10.2 Å². The maximum Gasteiger partial charge on any atom is 0.263 e. The van der Waals surface area contributed by atoms with Gasteiger partial charge in [-0.25, -0.2) is 4.98 Å². The number of aromatic nitrogens is 2. The van der Waals surface area contributed by atoms with Gasteiger partial charge in [0.2, 0.25) is 0 Å². The molecule has 27 heavy (non-hydrogen) atoms. The molecule has 1 fully saturated rings. The number of aromatic amines is 1. The van der Waals surface area contributed by atoms with Gasteiger partial charge in [-0.1, -0.05) is 6.07 Å². The van der Waals surface area contributed by atoms with Crippen molar-refractivity contribution in [2.24, 2.45) is 0 Å². The Kier molecular flexibility index (Phi) is 4.36. The molecular weight excluding hydrogens is 378 g/mol. The summed E-state index contributed by atoms with van der Waals surface area (Å²) < 4.78 is 0. The second-order valence-corrected chi connectivity index (χ2v) is 9.42. The molecule has 140 valence electrons. The van der Waals surface area contributed by atoms with E-state index in [1.54, 1.807) is 11.3 Å². The number of fused-ring (bicyclic) bond motifs is 3. The van der Waals surface area contributed by atoms with Crippen LogP contribution in [0.5, 0.6) is 0 Å². The van der Waals surface area contributed by atoms with Crippen LogP contribution in [0.4, 0.5) is 0 Å². The molecule has 0 spiro atoms. The van der Waals surface area contributed by atoms with Gasteiger partial charge in [0.15, 0.2) is 0 Å². The molecule has 1 N–H and O–H groups in total. The normalized spacial score (nSPS) is 18.0. The molecule has 2 aliphatic rings. The zero-order valence-corrected chi connectivity index (χ0v) is 16.6. The van der Waals surface area contributed by atoms with E-state index < -0.39 is 0 Å². The van der Waals surface area contributed by atoms with Crippen LogP contribution in [0.2, 0.25) is 0 Å². The molecule has 0 unspecified atom stereocenters. The van der Waals surface area contributed by atoms with E-state index in [2.05, 4.69) is 4.98 Å². The Morgan fingerprint density at radius 3 is 2.81 bits per heavy atom. The van der Waals surface area contributed by atoms with Gasteiger partial charge in [0.05, 0.1) is 10.3 Å². The maximum absolute atomic E-state index is 12.8. The van der Waals surface area contributed by atoms with Crippen LogP contribution in [0.15, 0.2) is 22.3 Å². The van der Waals surface area contributed by atoms with E-state index >= 15 is 0 Å². The minimum Gasteiger partial charge on any atom is -0.338 e. The van der Waals surface area contributed by atoms with Crippen molar-refractivity contribution in [1.29, 1.82) is 0 Å². The lowest BCUT2D eigenvalue weighted by Crippen LogP contribution is -2.38. The third-order valence-corrected chi connectivity index (χ3v) is 7.79. The highest BCUT2D eigenvalue weighted by atomic mass is 32.1. The Balaban J connectivity index is 1.37. The lowest BCUT2D eigenvalue weighted by Gasteiger charge is -2.31. The lowest BCUT2D eigenvalue weighted by molar-refractivity contribution is 0.0716. The highest BCUT2D eigenvalue weighted by Gasteiger charge is 2.27. The predicted molar refractivity (Wildman–Crippen MR) is 109 cm³/mol. The number of aryl methyl sites for hydroxylation is 2. The number of hydrogen-bond acceptors (Lipinski definition) is 5. The van der Waals surface area contributed by atoms with Crippen molar-refractivity contribution in [3.63, 3.8) is 0 Å². The molecule has 0 bridgehead atoms. The molecule has 0 aromatic carbocycles. The number of rotatable bonds is 2. The lowest BCUT2D eigenvalue weighted by atomic mass is 9.95. The number of amides is 1. The summed E-state index contributed by atoms with van der Waals surface area (Å²) in [6.45, 7) is 1.42. The highest BCUT2D eigenvalue weighted by molar-refractivity contribution is 7.18. The van der Waals surface area contributed by atoms with Crippen LogP contribution < -0.4 is 5.56 Å². The molecule has 4 heterocycles. The Bertz CT molecular complexity index is 1040. The van der Waals surface area contributed by atoms with Crippen LogP contribution in [-0.4, -0.2) is 33.9 Å². The number of carbonyl (C=O) groups is 1. The number of nitrogens with one attached hydrogen (secondary N) is 1. The fourth-order valence-electron chi connectivity index (χ4n) is 4.29. The standard InChI is InChI=1S/C20H21N3O2S2/c24-18-16-13-4-1-2-5-14(13)27-19(16)22-17(21-18)12-7-9-23(10-8-12)20(25)15-6-3-11-26-15/h3,6,11-12H,1-2,4-5,7-10H2,(H,21,22,24). The van der Waals surface area contributed by atoms with Gasteiger partial charge in [-0.05, 0) is 55.5 Å². The van der Waals surface area contributed by atoms with Crippen molar-refractivity contribution in [3.8, 4) is 0 Å². The van der Waals surface area contributed by atoms with Gasteiger partial charge in [-0.3, -0.25) is 9.59 Å². The minimum atomic E-state index is 0.0199. The van der Waals surface area contributed by atoms with E-state index in [9.17, 15) is 9.59 Å². The first-order chi connectivity index (χ1) is 13.2. The van der Waals surface area contributed by atoms with Gasteiger partial charge in [-0.15, -0.1) is 22.7 Å². The summed E-state index contributed by atoms with van der Waals surface area (Å²) >= 11 is 3.19. The van der Waals surface area contributed by atoms with Gasteiger partial charge in [-0.2, -0.15) is 0 Å². The molecule has 5 nitrogen and oxygen atoms in total. The molecular formula is C20H21N3O2S2. The van der Waals surface area contributed by atoms with Crippen molar-refractivity contribution >= 4 is 38.8 Å². The van der Waals surface area contributed by atoms with Crippen LogP contribution in [0.3, 0.4) is 0 Å². The molecule has 3 aromatic rings. The van der Waals surface area contributed by atoms with Gasteiger partial charge in [0, 0.05) is 23.9 Å². The third-order valence-electron chi connectivity index (χ3n) is 5.74. The number of nitrogens with zero attached hydrogens (tertiary/aromatic N) is 2. The van der Waals surface area contributed by atoms with Crippen molar-refractivity contribution in [3.05, 3.63) is 49.0 Å². The van der Waals surface area contributed by atoms with E-state index in [0.717, 1.165) is 53.0 Å². The summed E-state index contributed by atoms with van der Waals surface area (Å²) in [7, 11) is 0. The smallest absolute Gasteiger partial charge is 0.263 e. The molecule has 3 aromatic heterocycles. The number of hydrogen-bond donors (Lipinski definition) is 1. The maximum atomic E-state index is 12.8. The fraction of sp³-hybridized carbons (Fsp3) is 0.450. The van der Waals surface area contributed by atoms with E-state index in [1.807, 2.05) is 22.4 Å². The summed E-state index contributed by atoms with van der Waals surface area (Å²) in [6.07, 6.45) is 6.14. The molecule has 0 radical (unpaired) electrons. The molecule has 7 heteroatoms. The van der Waals surface area contributed by atoms with E-state index in [-0.39, 0.29) is 17.4 Å². The van der Waals surface area contributed by atoms with Crippen LogP contribution >= 0.6 is 22.7 Å². The Hall–Kier alpha value is -1.99. The van der Waals surface area contributed by atoms with Crippen molar-refractivity contribution in [2.45, 2.75) is 44.4 Å². The van der Waals surface area contributed by atoms with E-state index in [4.69, 9.17) is 4.98 Å². The topological polar surface area (TPSA) is 66.1 Å². The number of piperidine rings is 1. The predicted octanol–water partition coefficient (Wildman–Crippen LogP) is 3.94. The molecule has 5 rings (SSSR count). The summed E-state index contributed by atoms with van der Waals surface area (Å²) in [5.41, 5.74) is 1.25. The Morgan fingerprint density at radius 1 is 1.22 bits per heavy atom. The van der Waals surface area contributed by atoms with Gasteiger partial charge in [0.1, 0.15) is 10.7 Å². The molecule has 1 aliphatic heterocycles. The summed E-state index contributed by atoms with van der Waals surface area (Å²) in [4.78, 5) is 38.1. The third kappa shape index (κ3) is 3.02. The zero-order valence-electron chi connectivity index (χ0n) is 15.0. The van der Waals surface area contributed by atoms with Crippen LogP contribution in [-0.2, 0) is 12.8 Å². The van der Waals surface area contributed by atoms with Gasteiger partial charge in [0.25, 0.3) is 11.5 Å². The van der Waals surface area contributed by atoms with Crippen LogP contribution in [0.1, 0.15) is 57.5 Å². The largest absolute Gasteiger partial charge is 0.338 e. The number of thiophene rings is 2. The second-order valence-electron chi connectivity index (χ2n) is 7.39. The first-order valence-electron chi connectivity index (χ1n) is 9.58. The van der Waals surface area contributed by atoms with E-state index in [0.29, 0.717) is 13.1 Å². The van der Waals surface area contributed by atoms with Crippen molar-refractivity contribution in [1.82, 2.24) is 14.9 Å². The minimum absolute atomic E-state index is 0.0199. The Morgan fingerprint density at radius 2 is 2.04 bits per heavy atom. The van der Waals surface area contributed by atoms with Gasteiger partial charge >= 0.3 is 0 Å². The quantitative estimate of drug-likeness (QED) is 0.710. The number of H-pyrrole nitrogens is 1. The molecule has 1 aliphatic carbocycles. The SMILES string of the molecule is O=C(c1cccs1)N1CCC(c2nc3sc4c(c3c(=O)[nH]2)CCCC4)CC1.